The highest BCUT2D eigenvalue weighted by Crippen LogP contribution is 2.40. The zero-order chi connectivity index (χ0) is 25.2. The predicted molar refractivity (Wildman–Crippen MR) is 137 cm³/mol. The Balaban J connectivity index is 2.13. The molecule has 1 aliphatic rings. The number of benzene rings is 1. The molecule has 0 radical (unpaired) electrons. The Bertz CT molecular complexity index is 763. The maximum Gasteiger partial charge on any atom is 0.317 e. The summed E-state index contributed by atoms with van der Waals surface area (Å²) in [6, 6.07) is 7.20. The summed E-state index contributed by atoms with van der Waals surface area (Å²) >= 11 is 6.27. The predicted octanol–water partition coefficient (Wildman–Crippen LogP) is 4.16. The van der Waals surface area contributed by atoms with Gasteiger partial charge in [-0.25, -0.2) is 4.79 Å². The number of piperidine rings is 1. The van der Waals surface area contributed by atoms with Crippen LogP contribution in [0.3, 0.4) is 0 Å². The third-order valence-corrected chi connectivity index (χ3v) is 7.05. The Morgan fingerprint density at radius 1 is 1.32 bits per heavy atom. The van der Waals surface area contributed by atoms with E-state index in [0.29, 0.717) is 44.3 Å². The molecule has 7 nitrogen and oxygen atoms in total. The molecule has 34 heavy (non-hydrogen) atoms. The van der Waals surface area contributed by atoms with E-state index in [9.17, 15) is 9.90 Å². The molecule has 194 valence electrons. The van der Waals surface area contributed by atoms with Crippen LogP contribution < -0.4 is 11.1 Å². The number of hydrogen-bond acceptors (Lipinski definition) is 5. The van der Waals surface area contributed by atoms with Crippen molar-refractivity contribution in [2.75, 3.05) is 47.1 Å². The number of methoxy groups -OCH3 is 2. The number of nitrogens with two attached hydrogens (primary N) is 1. The summed E-state index contributed by atoms with van der Waals surface area (Å²) in [5.41, 5.74) is 5.64. The summed E-state index contributed by atoms with van der Waals surface area (Å²) in [4.78, 5) is 15.0. The van der Waals surface area contributed by atoms with E-state index >= 15 is 0 Å². The maximum absolute atomic E-state index is 13.2. The molecule has 2 amide bonds. The molecule has 1 aromatic rings. The molecule has 3 atom stereocenters. The monoisotopic (exact) mass is 497 g/mol. The van der Waals surface area contributed by atoms with E-state index in [1.165, 1.54) is 0 Å². The van der Waals surface area contributed by atoms with Gasteiger partial charge in [0.05, 0.1) is 12.2 Å². The average molecular weight is 498 g/mol. The number of amides is 2. The van der Waals surface area contributed by atoms with E-state index in [1.807, 2.05) is 29.2 Å². The van der Waals surface area contributed by atoms with Gasteiger partial charge in [0.25, 0.3) is 0 Å². The zero-order valence-electron chi connectivity index (χ0n) is 21.3. The molecule has 4 N–H and O–H groups in total. The molecule has 1 saturated heterocycles. The molecule has 0 spiro atoms. The summed E-state index contributed by atoms with van der Waals surface area (Å²) in [5.74, 6) is -0.0886. The van der Waals surface area contributed by atoms with E-state index in [4.69, 9.17) is 26.8 Å². The van der Waals surface area contributed by atoms with Crippen LogP contribution in [-0.2, 0) is 15.1 Å². The van der Waals surface area contributed by atoms with Crippen LogP contribution in [0.25, 0.3) is 0 Å². The molecular weight excluding hydrogens is 454 g/mol. The first-order chi connectivity index (χ1) is 16.1. The third-order valence-electron chi connectivity index (χ3n) is 6.81. The molecule has 0 bridgehead atoms. The average Bonchev–Trinajstić information content (AvgIpc) is 2.81. The quantitative estimate of drug-likeness (QED) is 0.355. The minimum Gasteiger partial charge on any atom is -0.385 e. The number of carbonyl (C=O) groups is 1. The standard InChI is InChI=1S/C26H44ClN3O4/c1-25(2,19-34-4)16-23(17-28)29-24(31)30-13-8-10-21(18-30)26(32,12-5-6-14-33-3)20-9-7-11-22(27)15-20/h7,9,11,15,21,23,32H,5-6,8,10,12-14,16-19,28H2,1-4H3,(H,29,31)/t21-,23+,26-/m1/s1. The Labute approximate surface area is 210 Å². The van der Waals surface area contributed by atoms with Gasteiger partial charge in [0.1, 0.15) is 0 Å². The molecule has 1 aromatic carbocycles. The zero-order valence-corrected chi connectivity index (χ0v) is 22.1. The van der Waals surface area contributed by atoms with Gasteiger partial charge < -0.3 is 30.5 Å². The number of nitrogens with zero attached hydrogens (tertiary/aromatic N) is 1. The number of unbranched alkanes of at least 4 members (excludes halogenated alkanes) is 1. The van der Waals surface area contributed by atoms with E-state index in [2.05, 4.69) is 19.2 Å². The van der Waals surface area contributed by atoms with Crippen molar-refractivity contribution in [3.63, 3.8) is 0 Å². The fraction of sp³-hybridized carbons (Fsp3) is 0.731. The van der Waals surface area contributed by atoms with Crippen molar-refractivity contribution in [2.24, 2.45) is 17.1 Å². The summed E-state index contributed by atoms with van der Waals surface area (Å²) in [5, 5.41) is 15.7. The van der Waals surface area contributed by atoms with Crippen LogP contribution in [0, 0.1) is 11.3 Å². The van der Waals surface area contributed by atoms with Gasteiger partial charge in [-0.05, 0) is 61.6 Å². The first kappa shape index (κ1) is 28.9. The third kappa shape index (κ3) is 8.38. The lowest BCUT2D eigenvalue weighted by atomic mass is 9.74. The summed E-state index contributed by atoms with van der Waals surface area (Å²) in [6.07, 6.45) is 4.69. The maximum atomic E-state index is 13.2. The fourth-order valence-corrected chi connectivity index (χ4v) is 5.30. The Hall–Kier alpha value is -1.38. The smallest absolute Gasteiger partial charge is 0.317 e. The minimum atomic E-state index is -1.06. The molecule has 0 saturated carbocycles. The minimum absolute atomic E-state index is 0.0886. The molecule has 8 heteroatoms. The van der Waals surface area contributed by atoms with Gasteiger partial charge in [-0.2, -0.15) is 0 Å². The summed E-state index contributed by atoms with van der Waals surface area (Å²) in [7, 11) is 3.37. The number of aliphatic hydroxyl groups is 1. The lowest BCUT2D eigenvalue weighted by Crippen LogP contribution is -2.54. The molecular formula is C26H44ClN3O4. The lowest BCUT2D eigenvalue weighted by molar-refractivity contribution is -0.0564. The number of rotatable bonds is 13. The second kappa shape index (κ2) is 13.6. The number of likely N-dealkylation sites (tertiary alicyclic amines) is 1. The second-order valence-electron chi connectivity index (χ2n) is 10.4. The normalized spacial score (nSPS) is 19.5. The van der Waals surface area contributed by atoms with Gasteiger partial charge in [-0.1, -0.05) is 37.6 Å². The van der Waals surface area contributed by atoms with Gasteiger partial charge in [0, 0.05) is 57.4 Å². The molecule has 0 aliphatic carbocycles. The first-order valence-electron chi connectivity index (χ1n) is 12.4. The highest BCUT2D eigenvalue weighted by atomic mass is 35.5. The number of hydrogen-bond donors (Lipinski definition) is 3. The highest BCUT2D eigenvalue weighted by Gasteiger charge is 2.41. The van der Waals surface area contributed by atoms with Gasteiger partial charge in [0.2, 0.25) is 0 Å². The number of ether oxygens (including phenoxy) is 2. The van der Waals surface area contributed by atoms with E-state index in [1.54, 1.807) is 14.2 Å². The van der Waals surface area contributed by atoms with Gasteiger partial charge in [-0.3, -0.25) is 0 Å². The van der Waals surface area contributed by atoms with E-state index < -0.39 is 5.60 Å². The van der Waals surface area contributed by atoms with Crippen LogP contribution in [0.15, 0.2) is 24.3 Å². The fourth-order valence-electron chi connectivity index (χ4n) is 5.11. The Kier molecular flexibility index (Phi) is 11.6. The van der Waals surface area contributed by atoms with Crippen molar-refractivity contribution in [1.82, 2.24) is 10.2 Å². The molecule has 2 rings (SSSR count). The van der Waals surface area contributed by atoms with Crippen molar-refractivity contribution in [2.45, 2.75) is 64.0 Å². The SMILES string of the molecule is COCCCC[C@@](O)(c1cccc(Cl)c1)[C@@H]1CCCN(C(=O)N[C@H](CN)CC(C)(C)COC)C1. The molecule has 1 aliphatic heterocycles. The van der Waals surface area contributed by atoms with Crippen molar-refractivity contribution in [3.05, 3.63) is 34.9 Å². The summed E-state index contributed by atoms with van der Waals surface area (Å²) < 4.78 is 10.5. The van der Waals surface area contributed by atoms with Crippen LogP contribution in [0.2, 0.25) is 5.02 Å². The molecule has 1 fully saturated rings. The Morgan fingerprint density at radius 2 is 2.09 bits per heavy atom. The van der Waals surface area contributed by atoms with E-state index in [0.717, 1.165) is 37.7 Å². The van der Waals surface area contributed by atoms with Crippen LogP contribution in [0.5, 0.6) is 0 Å². The van der Waals surface area contributed by atoms with Crippen LogP contribution >= 0.6 is 11.6 Å². The molecule has 0 aromatic heterocycles. The topological polar surface area (TPSA) is 97.1 Å². The number of nitrogens with one attached hydrogen (secondary N) is 1. The van der Waals surface area contributed by atoms with Crippen molar-refractivity contribution < 1.29 is 19.4 Å². The van der Waals surface area contributed by atoms with E-state index in [-0.39, 0.29) is 23.4 Å². The number of carbonyl (C=O) groups excluding carboxylic acids is 1. The highest BCUT2D eigenvalue weighted by molar-refractivity contribution is 6.30. The lowest BCUT2D eigenvalue weighted by Gasteiger charge is -2.43. The molecule has 0 unspecified atom stereocenters. The summed E-state index contributed by atoms with van der Waals surface area (Å²) in [6.45, 7) is 6.98. The van der Waals surface area contributed by atoms with Crippen LogP contribution in [0.1, 0.15) is 57.9 Å². The first-order valence-corrected chi connectivity index (χ1v) is 12.7. The van der Waals surface area contributed by atoms with Crippen LogP contribution in [-0.4, -0.2) is 69.1 Å². The van der Waals surface area contributed by atoms with Gasteiger partial charge in [0.15, 0.2) is 0 Å². The van der Waals surface area contributed by atoms with Crippen LogP contribution in [0.4, 0.5) is 4.79 Å². The number of halogens is 1. The van der Waals surface area contributed by atoms with Crippen molar-refractivity contribution in [3.8, 4) is 0 Å². The second-order valence-corrected chi connectivity index (χ2v) is 10.8. The van der Waals surface area contributed by atoms with Crippen molar-refractivity contribution >= 4 is 17.6 Å². The van der Waals surface area contributed by atoms with Gasteiger partial charge >= 0.3 is 6.03 Å². The van der Waals surface area contributed by atoms with Gasteiger partial charge in [-0.15, -0.1) is 0 Å². The number of urea groups is 1. The largest absolute Gasteiger partial charge is 0.385 e. The van der Waals surface area contributed by atoms with Crippen molar-refractivity contribution in [1.29, 1.82) is 0 Å². The molecule has 1 heterocycles. The Morgan fingerprint density at radius 3 is 2.74 bits per heavy atom.